The lowest BCUT2D eigenvalue weighted by Crippen LogP contribution is -2.23. The first kappa shape index (κ1) is 17.0. The summed E-state index contributed by atoms with van der Waals surface area (Å²) in [6.45, 7) is 0. The van der Waals surface area contributed by atoms with Crippen molar-refractivity contribution >= 4 is 26.4 Å². The predicted molar refractivity (Wildman–Crippen MR) is 96.2 cm³/mol. The molecule has 26 heavy (non-hydrogen) atoms. The smallest absolute Gasteiger partial charge is 0.151 e. The maximum atomic E-state index is 12.1. The van der Waals surface area contributed by atoms with E-state index >= 15 is 0 Å². The second-order valence-corrected chi connectivity index (χ2v) is 9.22. The molecule has 1 fully saturated rings. The van der Waals surface area contributed by atoms with Crippen LogP contribution in [-0.4, -0.2) is 44.7 Å². The highest BCUT2D eigenvalue weighted by molar-refractivity contribution is 7.91. The van der Waals surface area contributed by atoms with Gasteiger partial charge in [0.15, 0.2) is 9.84 Å². The van der Waals surface area contributed by atoms with Crippen LogP contribution in [0.1, 0.15) is 43.7 Å². The Balaban J connectivity index is 1.50. The number of aromatic nitrogens is 5. The number of hydrogen-bond acceptors (Lipinski definition) is 6. The highest BCUT2D eigenvalue weighted by Gasteiger charge is 2.29. The molecule has 3 aromatic rings. The molecule has 3 aromatic heterocycles. The Bertz CT molecular complexity index is 1070. The van der Waals surface area contributed by atoms with Crippen molar-refractivity contribution in [1.82, 2.24) is 24.8 Å². The van der Waals surface area contributed by atoms with Gasteiger partial charge in [-0.1, -0.05) is 5.21 Å². The molecular weight excluding hydrogens is 352 g/mol. The van der Waals surface area contributed by atoms with E-state index in [4.69, 9.17) is 5.26 Å². The van der Waals surface area contributed by atoms with Crippen LogP contribution in [0.2, 0.25) is 0 Å². The standard InChI is InChI=1S/C17H20N6O2S/c18-7-1-9-26(24,25)10-12-2-4-13(5-3-12)15-16-14-6-8-19-17(14)20-11-23(16)22-21-15/h6,8,11-13,19H,1-5,9-10H2. The Kier molecular flexibility index (Phi) is 4.36. The largest absolute Gasteiger partial charge is 0.346 e. The van der Waals surface area contributed by atoms with Crippen LogP contribution < -0.4 is 0 Å². The fourth-order valence-electron chi connectivity index (χ4n) is 3.94. The molecule has 8 nitrogen and oxygen atoms in total. The van der Waals surface area contributed by atoms with Crippen molar-refractivity contribution in [3.05, 3.63) is 24.3 Å². The van der Waals surface area contributed by atoms with Crippen LogP contribution in [0.15, 0.2) is 18.6 Å². The van der Waals surface area contributed by atoms with Gasteiger partial charge in [-0.05, 0) is 37.7 Å². The molecule has 1 aliphatic carbocycles. The third-order valence-electron chi connectivity index (χ3n) is 5.24. The number of nitriles is 1. The van der Waals surface area contributed by atoms with Gasteiger partial charge in [-0.2, -0.15) is 5.26 Å². The second kappa shape index (κ2) is 6.68. The SMILES string of the molecule is N#CCCS(=O)(=O)CC1CCC(c2nnn3cnc4[nH]ccc4c23)CC1. The third kappa shape index (κ3) is 3.17. The molecule has 1 saturated carbocycles. The summed E-state index contributed by atoms with van der Waals surface area (Å²) in [5.74, 6) is 0.615. The molecule has 136 valence electrons. The lowest BCUT2D eigenvalue weighted by atomic mass is 9.81. The van der Waals surface area contributed by atoms with Crippen LogP contribution in [0.3, 0.4) is 0 Å². The van der Waals surface area contributed by atoms with Gasteiger partial charge in [-0.3, -0.25) is 0 Å². The number of hydrogen-bond donors (Lipinski definition) is 1. The van der Waals surface area contributed by atoms with Crippen molar-refractivity contribution in [3.8, 4) is 6.07 Å². The summed E-state index contributed by atoms with van der Waals surface area (Å²) >= 11 is 0. The van der Waals surface area contributed by atoms with Crippen LogP contribution in [0.5, 0.6) is 0 Å². The molecule has 0 atom stereocenters. The second-order valence-electron chi connectivity index (χ2n) is 6.99. The molecule has 0 aromatic carbocycles. The van der Waals surface area contributed by atoms with E-state index in [9.17, 15) is 8.42 Å². The number of fused-ring (bicyclic) bond motifs is 3. The fraction of sp³-hybridized carbons (Fsp3) is 0.529. The maximum Gasteiger partial charge on any atom is 0.151 e. The zero-order valence-corrected chi connectivity index (χ0v) is 15.1. The van der Waals surface area contributed by atoms with Crippen molar-refractivity contribution in [3.63, 3.8) is 0 Å². The van der Waals surface area contributed by atoms with Crippen molar-refractivity contribution < 1.29 is 8.42 Å². The van der Waals surface area contributed by atoms with Crippen molar-refractivity contribution in [2.45, 2.75) is 38.0 Å². The number of nitrogens with zero attached hydrogens (tertiary/aromatic N) is 5. The van der Waals surface area contributed by atoms with Crippen LogP contribution in [-0.2, 0) is 9.84 Å². The molecule has 0 saturated heterocycles. The van der Waals surface area contributed by atoms with Crippen LogP contribution >= 0.6 is 0 Å². The van der Waals surface area contributed by atoms with Gasteiger partial charge in [0.05, 0.1) is 23.3 Å². The Labute approximate surface area is 151 Å². The van der Waals surface area contributed by atoms with E-state index in [-0.39, 0.29) is 29.8 Å². The Morgan fingerprint density at radius 3 is 2.88 bits per heavy atom. The van der Waals surface area contributed by atoms with E-state index in [0.29, 0.717) is 0 Å². The Hall–Kier alpha value is -2.47. The van der Waals surface area contributed by atoms with Gasteiger partial charge in [0.25, 0.3) is 0 Å². The monoisotopic (exact) mass is 372 g/mol. The predicted octanol–water partition coefficient (Wildman–Crippen LogP) is 2.21. The summed E-state index contributed by atoms with van der Waals surface area (Å²) in [6.07, 6.45) is 7.12. The molecule has 0 aliphatic heterocycles. The summed E-state index contributed by atoms with van der Waals surface area (Å²) in [7, 11) is -3.14. The topological polar surface area (TPSA) is 117 Å². The molecule has 0 spiro atoms. The van der Waals surface area contributed by atoms with Crippen molar-refractivity contribution in [2.75, 3.05) is 11.5 Å². The van der Waals surface area contributed by atoms with Crippen LogP contribution in [0.25, 0.3) is 16.6 Å². The van der Waals surface area contributed by atoms with E-state index in [0.717, 1.165) is 47.9 Å². The Morgan fingerprint density at radius 1 is 1.31 bits per heavy atom. The summed E-state index contributed by atoms with van der Waals surface area (Å²) in [4.78, 5) is 7.43. The molecule has 0 unspecified atom stereocenters. The minimum absolute atomic E-state index is 0.0303. The molecule has 1 N–H and O–H groups in total. The van der Waals surface area contributed by atoms with Crippen LogP contribution in [0.4, 0.5) is 0 Å². The highest BCUT2D eigenvalue weighted by Crippen LogP contribution is 2.38. The van der Waals surface area contributed by atoms with E-state index in [1.807, 2.05) is 18.3 Å². The average Bonchev–Trinajstić information content (AvgIpc) is 3.26. The Morgan fingerprint density at radius 2 is 2.12 bits per heavy atom. The van der Waals surface area contributed by atoms with Crippen molar-refractivity contribution in [1.29, 1.82) is 5.26 Å². The molecule has 0 radical (unpaired) electrons. The van der Waals surface area contributed by atoms with Gasteiger partial charge in [-0.25, -0.2) is 17.9 Å². The van der Waals surface area contributed by atoms with E-state index < -0.39 is 9.84 Å². The summed E-state index contributed by atoms with van der Waals surface area (Å²) in [5.41, 5.74) is 2.78. The number of rotatable bonds is 5. The van der Waals surface area contributed by atoms with Crippen molar-refractivity contribution in [2.24, 2.45) is 5.92 Å². The van der Waals surface area contributed by atoms with Gasteiger partial charge in [0, 0.05) is 23.9 Å². The minimum atomic E-state index is -3.14. The minimum Gasteiger partial charge on any atom is -0.346 e. The number of H-pyrrole nitrogens is 1. The number of nitrogens with one attached hydrogen (secondary N) is 1. The summed E-state index contributed by atoms with van der Waals surface area (Å²) in [6, 6.07) is 3.90. The molecule has 1 aliphatic rings. The first-order valence-electron chi connectivity index (χ1n) is 8.82. The number of aromatic amines is 1. The lowest BCUT2D eigenvalue weighted by molar-refractivity contribution is 0.345. The average molecular weight is 372 g/mol. The van der Waals surface area contributed by atoms with E-state index in [2.05, 4.69) is 20.3 Å². The lowest BCUT2D eigenvalue weighted by Gasteiger charge is -2.27. The molecular formula is C17H20N6O2S. The van der Waals surface area contributed by atoms with Crippen LogP contribution in [0, 0.1) is 17.2 Å². The number of sulfone groups is 1. The first-order chi connectivity index (χ1) is 12.6. The van der Waals surface area contributed by atoms with Gasteiger partial charge in [-0.15, -0.1) is 5.10 Å². The zero-order valence-electron chi connectivity index (χ0n) is 14.3. The van der Waals surface area contributed by atoms with Gasteiger partial charge in [0.1, 0.15) is 17.5 Å². The highest BCUT2D eigenvalue weighted by atomic mass is 32.2. The quantitative estimate of drug-likeness (QED) is 0.734. The summed E-state index contributed by atoms with van der Waals surface area (Å²) < 4.78 is 25.9. The first-order valence-corrected chi connectivity index (χ1v) is 10.6. The maximum absolute atomic E-state index is 12.1. The van der Waals surface area contributed by atoms with E-state index in [1.165, 1.54) is 0 Å². The molecule has 4 rings (SSSR count). The van der Waals surface area contributed by atoms with E-state index in [1.54, 1.807) is 10.8 Å². The normalized spacial score (nSPS) is 21.2. The summed E-state index contributed by atoms with van der Waals surface area (Å²) in [5, 5.41) is 18.2. The zero-order chi connectivity index (χ0) is 18.1. The molecule has 0 amide bonds. The van der Waals surface area contributed by atoms with Gasteiger partial charge < -0.3 is 4.98 Å². The molecule has 3 heterocycles. The molecule has 0 bridgehead atoms. The van der Waals surface area contributed by atoms with Gasteiger partial charge in [0.2, 0.25) is 0 Å². The fourth-order valence-corrected chi connectivity index (χ4v) is 5.56. The van der Waals surface area contributed by atoms with Gasteiger partial charge >= 0.3 is 0 Å². The molecule has 9 heteroatoms. The third-order valence-corrected chi connectivity index (χ3v) is 7.05.